The van der Waals surface area contributed by atoms with Crippen molar-refractivity contribution in [2.45, 2.75) is 20.0 Å². The van der Waals surface area contributed by atoms with Crippen molar-refractivity contribution in [3.8, 4) is 5.75 Å². The lowest BCUT2D eigenvalue weighted by molar-refractivity contribution is 0.102. The third-order valence-electron chi connectivity index (χ3n) is 5.80. The third kappa shape index (κ3) is 5.58. The first-order valence-electron chi connectivity index (χ1n) is 11.5. The molecule has 0 spiro atoms. The number of carbonyl (C=O) groups excluding carboxylic acids is 1. The molecule has 1 aliphatic rings. The highest BCUT2D eigenvalue weighted by Crippen LogP contribution is 2.33. The number of nitrogens with zero attached hydrogens (tertiary/aromatic N) is 2. The number of halogens is 6. The summed E-state index contributed by atoms with van der Waals surface area (Å²) in [5.41, 5.74) is 0.517. The van der Waals surface area contributed by atoms with Gasteiger partial charge in [0, 0.05) is 37.4 Å². The summed E-state index contributed by atoms with van der Waals surface area (Å²) in [7, 11) is 0. The SMILES string of the molecule is CC(C)Oc1cccc(C(=O)Nc2ccc(N3CCN(c4c(F)c(F)c(F)c(F)c4F)CC3)c(Cl)c2)c1. The Morgan fingerprint density at radius 3 is 2.05 bits per heavy atom. The van der Waals surface area contributed by atoms with Gasteiger partial charge in [0.1, 0.15) is 11.4 Å². The second kappa shape index (κ2) is 10.8. The second-order valence-electron chi connectivity index (χ2n) is 8.71. The van der Waals surface area contributed by atoms with Crippen molar-refractivity contribution >= 4 is 34.6 Å². The van der Waals surface area contributed by atoms with E-state index in [0.29, 0.717) is 27.7 Å². The van der Waals surface area contributed by atoms with Gasteiger partial charge < -0.3 is 19.9 Å². The van der Waals surface area contributed by atoms with Crippen molar-refractivity contribution in [1.29, 1.82) is 0 Å². The molecule has 0 atom stereocenters. The van der Waals surface area contributed by atoms with Gasteiger partial charge in [-0.2, -0.15) is 0 Å². The molecule has 37 heavy (non-hydrogen) atoms. The Kier molecular flexibility index (Phi) is 7.77. The summed E-state index contributed by atoms with van der Waals surface area (Å²) in [6.45, 7) is 4.20. The lowest BCUT2D eigenvalue weighted by Crippen LogP contribution is -2.47. The van der Waals surface area contributed by atoms with Crippen LogP contribution in [0.25, 0.3) is 0 Å². The highest BCUT2D eigenvalue weighted by atomic mass is 35.5. The molecule has 0 radical (unpaired) electrons. The van der Waals surface area contributed by atoms with Crippen molar-refractivity contribution in [1.82, 2.24) is 0 Å². The first kappa shape index (κ1) is 26.5. The standard InChI is InChI=1S/C26H23ClF5N3O2/c1-14(2)37-17-5-3-4-15(12-17)26(36)33-16-6-7-19(18(27)13-16)34-8-10-35(11-9-34)25-23(31)21(29)20(28)22(30)24(25)32/h3-7,12-14H,8-11H2,1-2H3,(H,33,36). The van der Waals surface area contributed by atoms with Crippen LogP contribution < -0.4 is 19.9 Å². The Hall–Kier alpha value is -3.53. The summed E-state index contributed by atoms with van der Waals surface area (Å²) >= 11 is 6.45. The van der Waals surface area contributed by atoms with Gasteiger partial charge in [-0.15, -0.1) is 0 Å². The maximum Gasteiger partial charge on any atom is 0.255 e. The summed E-state index contributed by atoms with van der Waals surface area (Å²) in [4.78, 5) is 15.6. The molecule has 5 nitrogen and oxygen atoms in total. The predicted octanol–water partition coefficient (Wildman–Crippen LogP) is 6.40. The van der Waals surface area contributed by atoms with Gasteiger partial charge in [-0.05, 0) is 50.2 Å². The van der Waals surface area contributed by atoms with Crippen LogP contribution in [0.3, 0.4) is 0 Å². The smallest absolute Gasteiger partial charge is 0.255 e. The van der Waals surface area contributed by atoms with Gasteiger partial charge in [-0.25, -0.2) is 22.0 Å². The van der Waals surface area contributed by atoms with Crippen molar-refractivity contribution in [2.24, 2.45) is 0 Å². The summed E-state index contributed by atoms with van der Waals surface area (Å²) < 4.78 is 74.6. The van der Waals surface area contributed by atoms with Gasteiger partial charge in [0.05, 0.1) is 16.8 Å². The van der Waals surface area contributed by atoms with Gasteiger partial charge in [-0.1, -0.05) is 17.7 Å². The normalized spacial score (nSPS) is 13.8. The molecule has 0 aliphatic carbocycles. The largest absolute Gasteiger partial charge is 0.491 e. The number of amides is 1. The maximum absolute atomic E-state index is 14.2. The Morgan fingerprint density at radius 1 is 0.865 bits per heavy atom. The number of anilines is 3. The fraction of sp³-hybridized carbons (Fsp3) is 0.269. The molecule has 196 valence electrons. The number of carbonyl (C=O) groups is 1. The molecule has 0 unspecified atom stereocenters. The Bertz CT molecular complexity index is 1300. The van der Waals surface area contributed by atoms with Crippen molar-refractivity contribution in [3.05, 3.63) is 82.1 Å². The van der Waals surface area contributed by atoms with E-state index in [1.54, 1.807) is 42.5 Å². The molecule has 0 saturated carbocycles. The van der Waals surface area contributed by atoms with Gasteiger partial charge in [0.25, 0.3) is 5.91 Å². The van der Waals surface area contributed by atoms with Crippen LogP contribution in [0, 0.1) is 29.1 Å². The number of benzene rings is 3. The summed E-state index contributed by atoms with van der Waals surface area (Å²) in [6, 6.07) is 11.7. The minimum atomic E-state index is -2.19. The molecule has 1 heterocycles. The van der Waals surface area contributed by atoms with Crippen LogP contribution in [0.5, 0.6) is 5.75 Å². The van der Waals surface area contributed by atoms with Gasteiger partial charge in [-0.3, -0.25) is 4.79 Å². The molecule has 1 N–H and O–H groups in total. The minimum absolute atomic E-state index is 0.00194. The van der Waals surface area contributed by atoms with Crippen LogP contribution in [-0.2, 0) is 0 Å². The Morgan fingerprint density at radius 2 is 1.46 bits per heavy atom. The summed E-state index contributed by atoms with van der Waals surface area (Å²) in [5, 5.41) is 3.09. The van der Waals surface area contributed by atoms with Crippen LogP contribution in [0.2, 0.25) is 5.02 Å². The molecular formula is C26H23ClF5N3O2. The van der Waals surface area contributed by atoms with E-state index in [0.717, 1.165) is 4.90 Å². The number of rotatable bonds is 6. The molecule has 1 saturated heterocycles. The number of piperazine rings is 1. The molecule has 0 aromatic heterocycles. The molecular weight excluding hydrogens is 517 g/mol. The van der Waals surface area contributed by atoms with Crippen LogP contribution in [-0.4, -0.2) is 38.2 Å². The summed E-state index contributed by atoms with van der Waals surface area (Å²) in [6.07, 6.45) is -0.0393. The van der Waals surface area contributed by atoms with E-state index < -0.39 is 34.8 Å². The molecule has 3 aromatic rings. The predicted molar refractivity (Wildman–Crippen MR) is 132 cm³/mol. The molecule has 4 rings (SSSR count). The summed E-state index contributed by atoms with van der Waals surface area (Å²) in [5.74, 6) is -9.63. The topological polar surface area (TPSA) is 44.8 Å². The van der Waals surface area contributed by atoms with E-state index in [-0.39, 0.29) is 38.2 Å². The Labute approximate surface area is 215 Å². The van der Waals surface area contributed by atoms with E-state index in [9.17, 15) is 26.7 Å². The van der Waals surface area contributed by atoms with E-state index in [1.807, 2.05) is 18.7 Å². The molecule has 1 aliphatic heterocycles. The van der Waals surface area contributed by atoms with Gasteiger partial charge in [0.15, 0.2) is 23.3 Å². The fourth-order valence-electron chi connectivity index (χ4n) is 4.07. The van der Waals surface area contributed by atoms with Crippen LogP contribution >= 0.6 is 11.6 Å². The first-order chi connectivity index (χ1) is 17.6. The lowest BCUT2D eigenvalue weighted by Gasteiger charge is -2.38. The third-order valence-corrected chi connectivity index (χ3v) is 6.10. The lowest BCUT2D eigenvalue weighted by atomic mass is 10.1. The van der Waals surface area contributed by atoms with Crippen LogP contribution in [0.4, 0.5) is 39.0 Å². The zero-order chi connectivity index (χ0) is 26.9. The maximum atomic E-state index is 14.2. The average molecular weight is 540 g/mol. The van der Waals surface area contributed by atoms with E-state index in [1.165, 1.54) is 0 Å². The van der Waals surface area contributed by atoms with Gasteiger partial charge in [0.2, 0.25) is 5.82 Å². The molecule has 11 heteroatoms. The van der Waals surface area contributed by atoms with E-state index in [2.05, 4.69) is 5.32 Å². The Balaban J connectivity index is 1.43. The number of ether oxygens (including phenoxy) is 1. The zero-order valence-electron chi connectivity index (χ0n) is 19.9. The molecule has 1 fully saturated rings. The molecule has 3 aromatic carbocycles. The van der Waals surface area contributed by atoms with Crippen molar-refractivity contribution < 1.29 is 31.5 Å². The number of hydrogen-bond acceptors (Lipinski definition) is 4. The quantitative estimate of drug-likeness (QED) is 0.224. The van der Waals surface area contributed by atoms with Crippen LogP contribution in [0.15, 0.2) is 42.5 Å². The minimum Gasteiger partial charge on any atom is -0.491 e. The molecule has 0 bridgehead atoms. The van der Waals surface area contributed by atoms with E-state index >= 15 is 0 Å². The first-order valence-corrected chi connectivity index (χ1v) is 11.8. The number of nitrogens with one attached hydrogen (secondary N) is 1. The van der Waals surface area contributed by atoms with E-state index in [4.69, 9.17) is 16.3 Å². The van der Waals surface area contributed by atoms with Crippen molar-refractivity contribution in [2.75, 3.05) is 41.3 Å². The van der Waals surface area contributed by atoms with Crippen LogP contribution in [0.1, 0.15) is 24.2 Å². The average Bonchev–Trinajstić information content (AvgIpc) is 2.87. The second-order valence-corrected chi connectivity index (χ2v) is 9.11. The number of hydrogen-bond donors (Lipinski definition) is 1. The zero-order valence-corrected chi connectivity index (χ0v) is 20.7. The van der Waals surface area contributed by atoms with Crippen molar-refractivity contribution in [3.63, 3.8) is 0 Å². The monoisotopic (exact) mass is 539 g/mol. The highest BCUT2D eigenvalue weighted by Gasteiger charge is 2.31. The fourth-order valence-corrected chi connectivity index (χ4v) is 4.37. The molecule has 1 amide bonds. The van der Waals surface area contributed by atoms with Gasteiger partial charge >= 0.3 is 0 Å². The highest BCUT2D eigenvalue weighted by molar-refractivity contribution is 6.33.